The second kappa shape index (κ2) is 8.99. The number of carbonyl (C=O) groups is 1. The number of methoxy groups -OCH3 is 1. The fourth-order valence-electron chi connectivity index (χ4n) is 2.87. The van der Waals surface area contributed by atoms with Crippen molar-refractivity contribution in [3.8, 4) is 5.75 Å². The highest BCUT2D eigenvalue weighted by Gasteiger charge is 2.17. The molecule has 0 bridgehead atoms. The first kappa shape index (κ1) is 19.4. The lowest BCUT2D eigenvalue weighted by Crippen LogP contribution is -2.31. The van der Waals surface area contributed by atoms with Gasteiger partial charge in [-0.2, -0.15) is 0 Å². The molecule has 3 rings (SSSR count). The predicted octanol–water partition coefficient (Wildman–Crippen LogP) is 4.15. The van der Waals surface area contributed by atoms with Crippen LogP contribution in [0.2, 0.25) is 0 Å². The zero-order chi connectivity index (χ0) is 19.9. The van der Waals surface area contributed by atoms with Crippen LogP contribution in [0.1, 0.15) is 29.9 Å². The Labute approximate surface area is 165 Å². The molecular formula is C22H24N4O2. The van der Waals surface area contributed by atoms with Crippen molar-refractivity contribution < 1.29 is 9.53 Å². The highest BCUT2D eigenvalue weighted by atomic mass is 16.5. The molecule has 0 saturated carbocycles. The molecule has 0 aliphatic heterocycles. The third kappa shape index (κ3) is 4.65. The number of carbonyl (C=O) groups excluding carboxylic acids is 1. The molecule has 2 aromatic carbocycles. The summed E-state index contributed by atoms with van der Waals surface area (Å²) in [7, 11) is 1.57. The first-order valence-electron chi connectivity index (χ1n) is 9.15. The van der Waals surface area contributed by atoms with Crippen LogP contribution in [0.15, 0.2) is 67.0 Å². The van der Waals surface area contributed by atoms with Crippen molar-refractivity contribution in [3.05, 3.63) is 78.2 Å². The van der Waals surface area contributed by atoms with Crippen molar-refractivity contribution in [2.45, 2.75) is 26.4 Å². The number of benzene rings is 2. The molecule has 0 unspecified atom stereocenters. The van der Waals surface area contributed by atoms with Crippen molar-refractivity contribution in [1.82, 2.24) is 9.97 Å². The van der Waals surface area contributed by atoms with Crippen LogP contribution in [0, 0.1) is 0 Å². The zero-order valence-electron chi connectivity index (χ0n) is 16.3. The van der Waals surface area contributed by atoms with Gasteiger partial charge in [-0.25, -0.2) is 9.97 Å². The summed E-state index contributed by atoms with van der Waals surface area (Å²) in [5, 5.41) is 2.85. The Morgan fingerprint density at radius 1 is 1.07 bits per heavy atom. The minimum atomic E-state index is -0.309. The van der Waals surface area contributed by atoms with E-state index in [-0.39, 0.29) is 11.9 Å². The van der Waals surface area contributed by atoms with Crippen LogP contribution in [0.3, 0.4) is 0 Å². The molecule has 144 valence electrons. The summed E-state index contributed by atoms with van der Waals surface area (Å²) >= 11 is 0. The van der Waals surface area contributed by atoms with Gasteiger partial charge in [-0.1, -0.05) is 42.5 Å². The molecule has 1 N–H and O–H groups in total. The monoisotopic (exact) mass is 376 g/mol. The summed E-state index contributed by atoms with van der Waals surface area (Å²) in [6, 6.07) is 19.4. The maximum absolute atomic E-state index is 12.7. The summed E-state index contributed by atoms with van der Waals surface area (Å²) in [4.78, 5) is 23.4. The predicted molar refractivity (Wildman–Crippen MR) is 111 cm³/mol. The number of para-hydroxylation sites is 2. The number of nitrogens with one attached hydrogen (secondary N) is 1. The molecule has 6 nitrogen and oxygen atoms in total. The molecular weight excluding hydrogens is 352 g/mol. The molecule has 0 spiro atoms. The lowest BCUT2D eigenvalue weighted by molar-refractivity contribution is 0.102. The highest BCUT2D eigenvalue weighted by molar-refractivity contribution is 6.04. The average Bonchev–Trinajstić information content (AvgIpc) is 2.73. The third-order valence-electron chi connectivity index (χ3n) is 4.35. The van der Waals surface area contributed by atoms with E-state index in [1.165, 1.54) is 11.9 Å². The smallest absolute Gasteiger partial charge is 0.274 e. The Morgan fingerprint density at radius 2 is 1.79 bits per heavy atom. The number of rotatable bonds is 7. The second-order valence-corrected chi connectivity index (χ2v) is 6.62. The number of ether oxygens (including phenoxy) is 1. The van der Waals surface area contributed by atoms with Crippen molar-refractivity contribution in [2.24, 2.45) is 0 Å². The van der Waals surface area contributed by atoms with E-state index in [4.69, 9.17) is 4.74 Å². The van der Waals surface area contributed by atoms with E-state index >= 15 is 0 Å². The third-order valence-corrected chi connectivity index (χ3v) is 4.35. The number of anilines is 2. The fraction of sp³-hybridized carbons (Fsp3) is 0.227. The minimum absolute atomic E-state index is 0.209. The van der Waals surface area contributed by atoms with Gasteiger partial charge in [0, 0.05) is 18.7 Å². The van der Waals surface area contributed by atoms with Crippen molar-refractivity contribution in [2.75, 3.05) is 17.3 Å². The summed E-state index contributed by atoms with van der Waals surface area (Å²) in [5.41, 5.74) is 2.07. The first-order valence-corrected chi connectivity index (χ1v) is 9.15. The van der Waals surface area contributed by atoms with E-state index in [1.54, 1.807) is 25.3 Å². The summed E-state index contributed by atoms with van der Waals surface area (Å²) in [6.07, 6.45) is 1.42. The van der Waals surface area contributed by atoms with Crippen LogP contribution in [-0.4, -0.2) is 29.0 Å². The van der Waals surface area contributed by atoms with E-state index in [1.807, 2.05) is 30.3 Å². The van der Waals surface area contributed by atoms with Gasteiger partial charge in [0.25, 0.3) is 5.91 Å². The Hall–Kier alpha value is -3.41. The maximum atomic E-state index is 12.7. The number of nitrogens with zero attached hydrogens (tertiary/aromatic N) is 3. The number of amides is 1. The second-order valence-electron chi connectivity index (χ2n) is 6.62. The molecule has 0 radical (unpaired) electrons. The van der Waals surface area contributed by atoms with Gasteiger partial charge in [-0.05, 0) is 31.5 Å². The maximum Gasteiger partial charge on any atom is 0.274 e. The van der Waals surface area contributed by atoms with Gasteiger partial charge in [0.2, 0.25) is 0 Å². The van der Waals surface area contributed by atoms with Gasteiger partial charge in [-0.3, -0.25) is 4.79 Å². The molecule has 28 heavy (non-hydrogen) atoms. The quantitative estimate of drug-likeness (QED) is 0.671. The fourth-order valence-corrected chi connectivity index (χ4v) is 2.87. The van der Waals surface area contributed by atoms with Crippen LogP contribution >= 0.6 is 0 Å². The van der Waals surface area contributed by atoms with Gasteiger partial charge in [-0.15, -0.1) is 0 Å². The topological polar surface area (TPSA) is 67.3 Å². The van der Waals surface area contributed by atoms with E-state index in [0.29, 0.717) is 29.5 Å². The minimum Gasteiger partial charge on any atom is -0.495 e. The van der Waals surface area contributed by atoms with Crippen molar-refractivity contribution in [1.29, 1.82) is 0 Å². The lowest BCUT2D eigenvalue weighted by Gasteiger charge is -2.28. The van der Waals surface area contributed by atoms with Gasteiger partial charge in [0.15, 0.2) is 0 Å². The Kier molecular flexibility index (Phi) is 6.22. The number of hydrogen-bond donors (Lipinski definition) is 1. The van der Waals surface area contributed by atoms with E-state index in [2.05, 4.69) is 46.2 Å². The van der Waals surface area contributed by atoms with Crippen LogP contribution < -0.4 is 15.0 Å². The van der Waals surface area contributed by atoms with Gasteiger partial charge in [0.1, 0.15) is 23.6 Å². The van der Waals surface area contributed by atoms with Gasteiger partial charge >= 0.3 is 0 Å². The SMILES string of the molecule is COc1ccccc1NC(=O)c1cc(N(Cc2ccccc2)C(C)C)ncn1. The van der Waals surface area contributed by atoms with Crippen LogP contribution in [0.4, 0.5) is 11.5 Å². The Morgan fingerprint density at radius 3 is 2.50 bits per heavy atom. The molecule has 0 atom stereocenters. The van der Waals surface area contributed by atoms with Crippen LogP contribution in [-0.2, 0) is 6.54 Å². The first-order chi connectivity index (χ1) is 13.6. The van der Waals surface area contributed by atoms with Crippen molar-refractivity contribution >= 4 is 17.4 Å². The lowest BCUT2D eigenvalue weighted by atomic mass is 10.2. The van der Waals surface area contributed by atoms with E-state index < -0.39 is 0 Å². The van der Waals surface area contributed by atoms with E-state index in [0.717, 1.165) is 0 Å². The van der Waals surface area contributed by atoms with E-state index in [9.17, 15) is 4.79 Å². The van der Waals surface area contributed by atoms with Crippen molar-refractivity contribution in [3.63, 3.8) is 0 Å². The van der Waals surface area contributed by atoms with Gasteiger partial charge < -0.3 is 15.0 Å². The largest absolute Gasteiger partial charge is 0.495 e. The molecule has 1 aromatic heterocycles. The normalized spacial score (nSPS) is 10.6. The Bertz CT molecular complexity index is 929. The molecule has 0 saturated heterocycles. The highest BCUT2D eigenvalue weighted by Crippen LogP contribution is 2.24. The molecule has 0 aliphatic carbocycles. The summed E-state index contributed by atoms with van der Waals surface area (Å²) in [6.45, 7) is 4.89. The summed E-state index contributed by atoms with van der Waals surface area (Å²) in [5.74, 6) is 0.994. The molecule has 0 aliphatic rings. The van der Waals surface area contributed by atoms with Crippen LogP contribution in [0.25, 0.3) is 0 Å². The van der Waals surface area contributed by atoms with Gasteiger partial charge in [0.05, 0.1) is 12.8 Å². The molecule has 6 heteroatoms. The molecule has 1 heterocycles. The molecule has 1 amide bonds. The standard InChI is InChI=1S/C22H24N4O2/c1-16(2)26(14-17-9-5-4-6-10-17)21-13-19(23-15-24-21)22(27)25-18-11-7-8-12-20(18)28-3/h4-13,15-16H,14H2,1-3H3,(H,25,27). The Balaban J connectivity index is 1.82. The number of aromatic nitrogens is 2. The average molecular weight is 376 g/mol. The summed E-state index contributed by atoms with van der Waals surface area (Å²) < 4.78 is 5.29. The number of hydrogen-bond acceptors (Lipinski definition) is 5. The molecule has 3 aromatic rings. The van der Waals surface area contributed by atoms with Crippen LogP contribution in [0.5, 0.6) is 5.75 Å². The molecule has 0 fully saturated rings. The zero-order valence-corrected chi connectivity index (χ0v) is 16.3.